The molecular weight excluding hydrogens is 452 g/mol. The Kier molecular flexibility index (Phi) is 7.76. The summed E-state index contributed by atoms with van der Waals surface area (Å²) in [5, 5.41) is 21.7. The molecule has 1 heterocycles. The predicted octanol–water partition coefficient (Wildman–Crippen LogP) is 2.79. The van der Waals surface area contributed by atoms with Gasteiger partial charge in [0.15, 0.2) is 16.7 Å². The molecule has 0 aromatic heterocycles. The third-order valence-corrected chi connectivity index (χ3v) is 5.12. The van der Waals surface area contributed by atoms with Crippen LogP contribution < -0.4 is 14.8 Å². The number of nitrogens with one attached hydrogen (secondary N) is 1. The number of ether oxygens (including phenoxy) is 3. The molecular formula is C21H18N4O7S. The van der Waals surface area contributed by atoms with E-state index in [-0.39, 0.29) is 22.4 Å². The van der Waals surface area contributed by atoms with E-state index in [1.54, 1.807) is 36.4 Å². The van der Waals surface area contributed by atoms with E-state index in [9.17, 15) is 19.7 Å². The first kappa shape index (κ1) is 23.5. The molecule has 0 atom stereocenters. The first-order valence-corrected chi connectivity index (χ1v) is 10.2. The van der Waals surface area contributed by atoms with Crippen molar-refractivity contribution in [2.75, 3.05) is 14.2 Å². The Bertz CT molecular complexity index is 1180. The van der Waals surface area contributed by atoms with Crippen molar-refractivity contribution in [1.29, 1.82) is 0 Å². The van der Waals surface area contributed by atoms with Gasteiger partial charge in [-0.3, -0.25) is 20.2 Å². The Hall–Kier alpha value is -4.19. The van der Waals surface area contributed by atoms with Gasteiger partial charge in [0.05, 0.1) is 35.8 Å². The molecule has 0 radical (unpaired) electrons. The third kappa shape index (κ3) is 6.17. The van der Waals surface area contributed by atoms with Crippen LogP contribution in [0.1, 0.15) is 11.1 Å². The van der Waals surface area contributed by atoms with E-state index in [1.165, 1.54) is 26.5 Å². The SMILES string of the molecule is COC(=O)/C=C1/S/C(=N\N=Cc2ccc(OCc3ccccc3[N+](=O)[O-])c(OC)c2)NC1=O. The third-order valence-electron chi connectivity index (χ3n) is 4.22. The predicted molar refractivity (Wildman–Crippen MR) is 121 cm³/mol. The molecule has 1 N–H and O–H groups in total. The average molecular weight is 470 g/mol. The topological polar surface area (TPSA) is 142 Å². The van der Waals surface area contributed by atoms with Gasteiger partial charge < -0.3 is 14.2 Å². The highest BCUT2D eigenvalue weighted by atomic mass is 32.2. The fourth-order valence-electron chi connectivity index (χ4n) is 2.64. The number of nitro groups is 1. The molecule has 0 saturated carbocycles. The van der Waals surface area contributed by atoms with E-state index < -0.39 is 16.8 Å². The lowest BCUT2D eigenvalue weighted by atomic mass is 10.2. The second-order valence-electron chi connectivity index (χ2n) is 6.32. The summed E-state index contributed by atoms with van der Waals surface area (Å²) in [4.78, 5) is 33.9. The lowest BCUT2D eigenvalue weighted by molar-refractivity contribution is -0.385. The van der Waals surface area contributed by atoms with Gasteiger partial charge in [0.2, 0.25) is 0 Å². The van der Waals surface area contributed by atoms with Crippen molar-refractivity contribution in [2.45, 2.75) is 6.61 Å². The molecule has 1 aliphatic rings. The van der Waals surface area contributed by atoms with Crippen LogP contribution in [0.5, 0.6) is 11.5 Å². The molecule has 0 unspecified atom stereocenters. The Labute approximate surface area is 192 Å². The molecule has 1 aliphatic heterocycles. The second-order valence-corrected chi connectivity index (χ2v) is 7.35. The summed E-state index contributed by atoms with van der Waals surface area (Å²) in [5.74, 6) is -0.317. The first-order valence-electron chi connectivity index (χ1n) is 9.34. The maximum atomic E-state index is 11.8. The number of nitrogens with zero attached hydrogens (tertiary/aromatic N) is 3. The fourth-order valence-corrected chi connectivity index (χ4v) is 3.38. The van der Waals surface area contributed by atoms with Crippen molar-refractivity contribution in [3.05, 3.63) is 74.7 Å². The molecule has 2 aromatic carbocycles. The van der Waals surface area contributed by atoms with E-state index in [0.717, 1.165) is 17.8 Å². The zero-order chi connectivity index (χ0) is 23.8. The molecule has 170 valence electrons. The standard InChI is InChI=1S/C21H18N4O7S/c1-30-17-9-13(11-22-24-21-23-20(27)18(33-21)10-19(26)31-2)7-8-16(17)32-12-14-5-3-4-6-15(14)25(28)29/h3-11H,12H2,1-2H3,(H,23,24,27)/b18-10+,22-11?. The number of esters is 1. The zero-order valence-electron chi connectivity index (χ0n) is 17.5. The summed E-state index contributed by atoms with van der Waals surface area (Å²) < 4.78 is 15.5. The highest BCUT2D eigenvalue weighted by Gasteiger charge is 2.25. The minimum Gasteiger partial charge on any atom is -0.493 e. The molecule has 0 bridgehead atoms. The van der Waals surface area contributed by atoms with Gasteiger partial charge in [-0.1, -0.05) is 12.1 Å². The van der Waals surface area contributed by atoms with E-state index in [1.807, 2.05) is 0 Å². The average Bonchev–Trinajstić information content (AvgIpc) is 3.16. The van der Waals surface area contributed by atoms with Crippen LogP contribution in [0.2, 0.25) is 0 Å². The van der Waals surface area contributed by atoms with Crippen molar-refractivity contribution in [1.82, 2.24) is 5.32 Å². The summed E-state index contributed by atoms with van der Waals surface area (Å²) in [6, 6.07) is 11.3. The van der Waals surface area contributed by atoms with Crippen LogP contribution in [-0.4, -0.2) is 42.4 Å². The van der Waals surface area contributed by atoms with Crippen molar-refractivity contribution in [2.24, 2.45) is 10.2 Å². The molecule has 2 aromatic rings. The van der Waals surface area contributed by atoms with Crippen LogP contribution in [0, 0.1) is 10.1 Å². The normalized spacial score (nSPS) is 15.6. The van der Waals surface area contributed by atoms with Crippen LogP contribution >= 0.6 is 11.8 Å². The highest BCUT2D eigenvalue weighted by molar-refractivity contribution is 8.18. The summed E-state index contributed by atoms with van der Waals surface area (Å²) in [6.07, 6.45) is 2.51. The van der Waals surface area contributed by atoms with Gasteiger partial charge in [-0.2, -0.15) is 5.10 Å². The number of hydrogen-bond donors (Lipinski definition) is 1. The van der Waals surface area contributed by atoms with Gasteiger partial charge >= 0.3 is 5.97 Å². The number of carbonyl (C=O) groups excluding carboxylic acids is 2. The Balaban J connectivity index is 1.68. The first-order chi connectivity index (χ1) is 15.9. The molecule has 3 rings (SSSR count). The number of thioether (sulfide) groups is 1. The van der Waals surface area contributed by atoms with Crippen molar-refractivity contribution in [3.8, 4) is 11.5 Å². The van der Waals surface area contributed by atoms with Crippen molar-refractivity contribution < 1.29 is 28.7 Å². The molecule has 1 amide bonds. The maximum absolute atomic E-state index is 11.8. The minimum atomic E-state index is -0.645. The Morgan fingerprint density at radius 2 is 2.00 bits per heavy atom. The van der Waals surface area contributed by atoms with Gasteiger partial charge in [-0.25, -0.2) is 4.79 Å². The van der Waals surface area contributed by atoms with Gasteiger partial charge in [0.1, 0.15) is 6.61 Å². The number of amidine groups is 1. The maximum Gasteiger partial charge on any atom is 0.331 e. The van der Waals surface area contributed by atoms with E-state index >= 15 is 0 Å². The Morgan fingerprint density at radius 3 is 2.73 bits per heavy atom. The smallest absolute Gasteiger partial charge is 0.331 e. The highest BCUT2D eigenvalue weighted by Crippen LogP contribution is 2.29. The fraction of sp³-hybridized carbons (Fsp3) is 0.143. The molecule has 33 heavy (non-hydrogen) atoms. The molecule has 11 nitrogen and oxygen atoms in total. The van der Waals surface area contributed by atoms with Gasteiger partial charge in [-0.05, 0) is 41.6 Å². The van der Waals surface area contributed by atoms with Crippen molar-refractivity contribution in [3.63, 3.8) is 0 Å². The van der Waals surface area contributed by atoms with Crippen LogP contribution in [-0.2, 0) is 20.9 Å². The van der Waals surface area contributed by atoms with Crippen molar-refractivity contribution >= 4 is 40.7 Å². The summed E-state index contributed by atoms with van der Waals surface area (Å²) in [7, 11) is 2.68. The quantitative estimate of drug-likeness (QED) is 0.204. The molecule has 0 spiro atoms. The number of hydrogen-bond acceptors (Lipinski definition) is 10. The number of nitro benzene ring substituents is 1. The number of carbonyl (C=O) groups is 2. The van der Waals surface area contributed by atoms with Gasteiger partial charge in [0, 0.05) is 12.1 Å². The van der Waals surface area contributed by atoms with E-state index in [0.29, 0.717) is 22.6 Å². The molecule has 0 aliphatic carbocycles. The largest absolute Gasteiger partial charge is 0.493 e. The molecule has 1 saturated heterocycles. The number of amides is 1. The van der Waals surface area contributed by atoms with Gasteiger partial charge in [0.25, 0.3) is 11.6 Å². The number of benzene rings is 2. The van der Waals surface area contributed by atoms with Crippen LogP contribution in [0.4, 0.5) is 5.69 Å². The second kappa shape index (κ2) is 10.9. The summed E-state index contributed by atoms with van der Waals surface area (Å²) >= 11 is 0.959. The monoisotopic (exact) mass is 470 g/mol. The minimum absolute atomic E-state index is 0.00700. The van der Waals surface area contributed by atoms with E-state index in [4.69, 9.17) is 9.47 Å². The van der Waals surface area contributed by atoms with E-state index in [2.05, 4.69) is 20.3 Å². The lowest BCUT2D eigenvalue weighted by Gasteiger charge is -2.11. The number of methoxy groups -OCH3 is 2. The number of rotatable bonds is 8. The number of para-hydroxylation sites is 1. The van der Waals surface area contributed by atoms with Crippen LogP contribution in [0.3, 0.4) is 0 Å². The summed E-state index contributed by atoms with van der Waals surface area (Å²) in [5.41, 5.74) is 1.04. The zero-order valence-corrected chi connectivity index (χ0v) is 18.3. The Morgan fingerprint density at radius 1 is 1.21 bits per heavy atom. The lowest BCUT2D eigenvalue weighted by Crippen LogP contribution is -2.19. The summed E-state index contributed by atoms with van der Waals surface area (Å²) in [6.45, 7) is -0.00700. The van der Waals surface area contributed by atoms with Crippen LogP contribution in [0.25, 0.3) is 0 Å². The molecule has 12 heteroatoms. The molecule has 1 fully saturated rings. The van der Waals surface area contributed by atoms with Crippen LogP contribution in [0.15, 0.2) is 63.6 Å². The van der Waals surface area contributed by atoms with Gasteiger partial charge in [-0.15, -0.1) is 5.10 Å².